The van der Waals surface area contributed by atoms with Gasteiger partial charge in [0.25, 0.3) is 10.1 Å². The molecule has 1 unspecified atom stereocenters. The van der Waals surface area contributed by atoms with Crippen LogP contribution >= 0.6 is 11.8 Å². The number of fused-ring (bicyclic) bond motifs is 1. The van der Waals surface area contributed by atoms with E-state index in [-0.39, 0.29) is 5.75 Å². The standard InChI is InChI=1S/C29H45N2O3S2/c1-3-5-9-21-30(22-10-6-4-2)26-18-15-25(16-19-26)17-20-29-31(23-11-12-24-36(32,33)34)27-13-7-8-14-28(27)35-29/h15-20,28H,3-14,21-24H2,1-2H3/q+1/p+1. The SMILES string of the molecule is CCCCC[N+](CCCCC)=C1C=CC(=CC=C2SC3CCCCC3=[N+]2CCCCS(=O)(=O)O)C=C1. The monoisotopic (exact) mass is 534 g/mol. The summed E-state index contributed by atoms with van der Waals surface area (Å²) >= 11 is 1.96. The second kappa shape index (κ2) is 15.1. The van der Waals surface area contributed by atoms with Crippen LogP contribution in [0.25, 0.3) is 0 Å². The van der Waals surface area contributed by atoms with Gasteiger partial charge in [0.15, 0.2) is 11.4 Å². The summed E-state index contributed by atoms with van der Waals surface area (Å²) in [5.74, 6) is -0.155. The molecule has 2 aliphatic carbocycles. The summed E-state index contributed by atoms with van der Waals surface area (Å²) in [5.41, 5.74) is 4.03. The molecule has 0 amide bonds. The Kier molecular flexibility index (Phi) is 12.2. The maximum absolute atomic E-state index is 11.1. The summed E-state index contributed by atoms with van der Waals surface area (Å²) in [4.78, 5) is 0. The third-order valence-electron chi connectivity index (χ3n) is 7.17. The molecule has 36 heavy (non-hydrogen) atoms. The minimum atomic E-state index is -3.88. The average Bonchev–Trinajstić information content (AvgIpc) is 3.22. The Balaban J connectivity index is 1.70. The van der Waals surface area contributed by atoms with Crippen LogP contribution in [0.15, 0.2) is 47.1 Å². The van der Waals surface area contributed by atoms with Crippen molar-refractivity contribution >= 4 is 33.3 Å². The van der Waals surface area contributed by atoms with Crippen LogP contribution in [0.5, 0.6) is 0 Å². The quantitative estimate of drug-likeness (QED) is 0.156. The third kappa shape index (κ3) is 9.46. The largest absolute Gasteiger partial charge is 0.286 e. The van der Waals surface area contributed by atoms with Crippen LogP contribution in [0, 0.1) is 0 Å². The molecule has 1 N–H and O–H groups in total. The minimum absolute atomic E-state index is 0.155. The molecule has 1 aliphatic heterocycles. The molecule has 0 spiro atoms. The van der Waals surface area contributed by atoms with E-state index in [1.165, 1.54) is 79.8 Å². The van der Waals surface area contributed by atoms with Crippen molar-refractivity contribution in [2.24, 2.45) is 0 Å². The number of unbranched alkanes of at least 4 members (excludes halogenated alkanes) is 5. The fourth-order valence-electron chi connectivity index (χ4n) is 5.13. The number of nitrogens with zero attached hydrogens (tertiary/aromatic N) is 2. The summed E-state index contributed by atoms with van der Waals surface area (Å²) < 4.78 is 36.2. The highest BCUT2D eigenvalue weighted by molar-refractivity contribution is 8.04. The highest BCUT2D eigenvalue weighted by Gasteiger charge is 2.39. The molecular weight excluding hydrogens is 488 g/mol. The van der Waals surface area contributed by atoms with Crippen LogP contribution in [0.1, 0.15) is 90.9 Å². The van der Waals surface area contributed by atoms with Gasteiger partial charge in [0.05, 0.1) is 11.0 Å². The van der Waals surface area contributed by atoms with Crippen molar-refractivity contribution in [3.8, 4) is 0 Å². The topological polar surface area (TPSA) is 60.4 Å². The maximum atomic E-state index is 11.1. The van der Waals surface area contributed by atoms with E-state index in [1.54, 1.807) is 0 Å². The van der Waals surface area contributed by atoms with Gasteiger partial charge in [-0.05, 0) is 67.7 Å². The third-order valence-corrected chi connectivity index (χ3v) is 9.37. The van der Waals surface area contributed by atoms with Crippen molar-refractivity contribution in [2.45, 2.75) is 96.1 Å². The van der Waals surface area contributed by atoms with Crippen LogP contribution in [-0.2, 0) is 10.1 Å². The summed E-state index contributed by atoms with van der Waals surface area (Å²) in [5, 5.41) is 1.83. The molecule has 1 heterocycles. The van der Waals surface area contributed by atoms with Gasteiger partial charge in [-0.15, -0.1) is 0 Å². The first-order chi connectivity index (χ1) is 17.4. The molecule has 0 saturated heterocycles. The second-order valence-electron chi connectivity index (χ2n) is 10.2. The highest BCUT2D eigenvalue weighted by Crippen LogP contribution is 2.38. The molecule has 1 atom stereocenters. The Morgan fingerprint density at radius 1 is 0.972 bits per heavy atom. The molecule has 0 aromatic rings. The first-order valence-corrected chi connectivity index (χ1v) is 16.5. The molecule has 1 fully saturated rings. The molecule has 0 aromatic carbocycles. The maximum Gasteiger partial charge on any atom is 0.264 e. The van der Waals surface area contributed by atoms with Crippen molar-refractivity contribution in [2.75, 3.05) is 25.4 Å². The lowest BCUT2D eigenvalue weighted by Crippen LogP contribution is -2.25. The number of rotatable bonds is 14. The zero-order valence-corrected chi connectivity index (χ0v) is 24.0. The van der Waals surface area contributed by atoms with Crippen molar-refractivity contribution in [1.29, 1.82) is 0 Å². The molecule has 0 radical (unpaired) electrons. The second-order valence-corrected chi connectivity index (χ2v) is 12.9. The Morgan fingerprint density at radius 2 is 1.67 bits per heavy atom. The summed E-state index contributed by atoms with van der Waals surface area (Å²) in [7, 11) is -3.88. The van der Waals surface area contributed by atoms with Gasteiger partial charge in [-0.3, -0.25) is 4.55 Å². The lowest BCUT2D eigenvalue weighted by atomic mass is 9.97. The Hall–Kier alpha value is -1.44. The number of thioether (sulfide) groups is 1. The van der Waals surface area contributed by atoms with Gasteiger partial charge in [0.1, 0.15) is 19.6 Å². The molecular formula is C29H46N2O3S2+2. The molecule has 0 bridgehead atoms. The van der Waals surface area contributed by atoms with Gasteiger partial charge in [0, 0.05) is 43.9 Å². The zero-order chi connectivity index (χ0) is 25.8. The smallest absolute Gasteiger partial charge is 0.264 e. The molecule has 200 valence electrons. The first kappa shape index (κ1) is 29.1. The first-order valence-electron chi connectivity index (χ1n) is 14.1. The van der Waals surface area contributed by atoms with Crippen molar-refractivity contribution in [3.63, 3.8) is 0 Å². The summed E-state index contributed by atoms with van der Waals surface area (Å²) in [6, 6.07) is 0. The van der Waals surface area contributed by atoms with Gasteiger partial charge < -0.3 is 0 Å². The van der Waals surface area contributed by atoms with Crippen LogP contribution in [0.4, 0.5) is 0 Å². The fraction of sp³-hybridized carbons (Fsp3) is 0.655. The summed E-state index contributed by atoms with van der Waals surface area (Å²) in [6.07, 6.45) is 27.2. The van der Waals surface area contributed by atoms with E-state index in [1.807, 2.05) is 11.8 Å². The molecule has 0 aromatic heterocycles. The zero-order valence-electron chi connectivity index (χ0n) is 22.3. The lowest BCUT2D eigenvalue weighted by Gasteiger charge is -2.13. The molecule has 3 aliphatic rings. The van der Waals surface area contributed by atoms with E-state index in [2.05, 4.69) is 59.5 Å². The van der Waals surface area contributed by atoms with Crippen LogP contribution in [0.3, 0.4) is 0 Å². The van der Waals surface area contributed by atoms with Gasteiger partial charge in [0.2, 0.25) is 5.03 Å². The number of hydrogen-bond donors (Lipinski definition) is 1. The summed E-state index contributed by atoms with van der Waals surface area (Å²) in [6.45, 7) is 7.60. The number of hydrogen-bond acceptors (Lipinski definition) is 3. The van der Waals surface area contributed by atoms with Gasteiger partial charge in [-0.1, -0.05) is 33.1 Å². The van der Waals surface area contributed by atoms with E-state index < -0.39 is 10.1 Å². The van der Waals surface area contributed by atoms with Crippen molar-refractivity contribution < 1.29 is 22.1 Å². The van der Waals surface area contributed by atoms with Gasteiger partial charge >= 0.3 is 0 Å². The lowest BCUT2D eigenvalue weighted by molar-refractivity contribution is -0.527. The van der Waals surface area contributed by atoms with Gasteiger partial charge in [-0.2, -0.15) is 13.0 Å². The molecule has 3 rings (SSSR count). The highest BCUT2D eigenvalue weighted by atomic mass is 32.2. The van der Waals surface area contributed by atoms with E-state index in [4.69, 9.17) is 4.55 Å². The van der Waals surface area contributed by atoms with Crippen LogP contribution < -0.4 is 0 Å². The number of allylic oxidation sites excluding steroid dienone is 7. The predicted molar refractivity (Wildman–Crippen MR) is 154 cm³/mol. The van der Waals surface area contributed by atoms with E-state index in [0.717, 1.165) is 32.5 Å². The fourth-order valence-corrected chi connectivity index (χ4v) is 7.14. The van der Waals surface area contributed by atoms with Crippen LogP contribution in [-0.4, -0.2) is 64.2 Å². The van der Waals surface area contributed by atoms with E-state index in [0.29, 0.717) is 11.7 Å². The normalized spacial score (nSPS) is 21.0. The van der Waals surface area contributed by atoms with E-state index in [9.17, 15) is 8.42 Å². The van der Waals surface area contributed by atoms with Crippen LogP contribution in [0.2, 0.25) is 0 Å². The van der Waals surface area contributed by atoms with Gasteiger partial charge in [-0.25, -0.2) is 4.58 Å². The van der Waals surface area contributed by atoms with E-state index >= 15 is 0 Å². The van der Waals surface area contributed by atoms with Crippen molar-refractivity contribution in [1.82, 2.24) is 0 Å². The molecule has 1 saturated carbocycles. The predicted octanol–water partition coefficient (Wildman–Crippen LogP) is 6.53. The molecule has 5 nitrogen and oxygen atoms in total. The minimum Gasteiger partial charge on any atom is -0.286 e. The average molecular weight is 535 g/mol. The molecule has 7 heteroatoms. The Bertz CT molecular complexity index is 1000. The Morgan fingerprint density at radius 3 is 2.31 bits per heavy atom. The Labute approximate surface area is 223 Å². The van der Waals surface area contributed by atoms with Crippen molar-refractivity contribution in [3.05, 3.63) is 47.1 Å².